The molecule has 0 radical (unpaired) electrons. The van der Waals surface area contributed by atoms with Crippen molar-refractivity contribution in [2.45, 2.75) is 116 Å². The van der Waals surface area contributed by atoms with Gasteiger partial charge in [0.05, 0.1) is 11.1 Å². The Bertz CT molecular complexity index is 1710. The third-order valence-corrected chi connectivity index (χ3v) is 10.9. The summed E-state index contributed by atoms with van der Waals surface area (Å²) in [7, 11) is 1.60. The molecule has 2 atom stereocenters. The van der Waals surface area contributed by atoms with E-state index in [1.165, 1.54) is 17.7 Å². The molecule has 2 saturated heterocycles. The van der Waals surface area contributed by atoms with Crippen molar-refractivity contribution in [2.75, 3.05) is 33.5 Å². The van der Waals surface area contributed by atoms with Crippen molar-refractivity contribution in [3.63, 3.8) is 0 Å². The van der Waals surface area contributed by atoms with Crippen LogP contribution in [-0.4, -0.2) is 71.9 Å². The number of imide groups is 1. The Morgan fingerprint density at radius 1 is 0.596 bits per heavy atom. The summed E-state index contributed by atoms with van der Waals surface area (Å²) in [5.41, 5.74) is 4.80. The lowest BCUT2D eigenvalue weighted by Crippen LogP contribution is -2.26. The lowest BCUT2D eigenvalue weighted by atomic mass is 9.95. The first-order chi connectivity index (χ1) is 25.6. The van der Waals surface area contributed by atoms with E-state index in [9.17, 15) is 9.59 Å². The van der Waals surface area contributed by atoms with E-state index in [2.05, 4.69) is 45.8 Å². The average molecular weight is 710 g/mol. The molecule has 0 N–H and O–H groups in total. The average Bonchev–Trinajstić information content (AvgIpc) is 3.80. The Morgan fingerprint density at radius 2 is 1.04 bits per heavy atom. The highest BCUT2D eigenvalue weighted by atomic mass is 16.7. The van der Waals surface area contributed by atoms with Gasteiger partial charge < -0.3 is 28.1 Å². The second-order valence-corrected chi connectivity index (χ2v) is 14.6. The summed E-state index contributed by atoms with van der Waals surface area (Å²) < 4.78 is 27.7. The van der Waals surface area contributed by atoms with Crippen LogP contribution in [0.15, 0.2) is 60.9 Å². The molecule has 0 aliphatic carbocycles. The fourth-order valence-electron chi connectivity index (χ4n) is 7.99. The lowest BCUT2D eigenvalue weighted by Gasteiger charge is -2.22. The van der Waals surface area contributed by atoms with Crippen LogP contribution >= 0.6 is 0 Å². The maximum absolute atomic E-state index is 14.0. The molecule has 0 spiro atoms. The molecule has 2 aromatic heterocycles. The Labute approximate surface area is 307 Å². The van der Waals surface area contributed by atoms with Crippen molar-refractivity contribution in [1.82, 2.24) is 14.0 Å². The van der Waals surface area contributed by atoms with E-state index < -0.39 is 0 Å². The summed E-state index contributed by atoms with van der Waals surface area (Å²) in [5.74, 6) is -0.495. The van der Waals surface area contributed by atoms with Crippen molar-refractivity contribution in [3.05, 3.63) is 72.1 Å². The van der Waals surface area contributed by atoms with Crippen molar-refractivity contribution >= 4 is 44.8 Å². The number of unbranched alkanes of at least 4 members (excludes halogenated alkanes) is 6. The number of benzene rings is 2. The number of likely N-dealkylation sites (N-methyl/N-ethyl adjacent to an activating group) is 1. The molecule has 4 aromatic rings. The third-order valence-electron chi connectivity index (χ3n) is 10.9. The van der Waals surface area contributed by atoms with Crippen LogP contribution in [0.1, 0.15) is 101 Å². The maximum atomic E-state index is 14.0. The van der Waals surface area contributed by atoms with Gasteiger partial charge in [-0.05, 0) is 76.3 Å². The van der Waals surface area contributed by atoms with Crippen LogP contribution < -0.4 is 0 Å². The predicted molar refractivity (Wildman–Crippen MR) is 204 cm³/mol. The van der Waals surface area contributed by atoms with Crippen LogP contribution in [0.25, 0.3) is 33.0 Å². The van der Waals surface area contributed by atoms with Crippen LogP contribution in [0.5, 0.6) is 0 Å². The number of aromatic nitrogens is 2. The van der Waals surface area contributed by atoms with E-state index in [1.54, 1.807) is 7.05 Å². The minimum Gasteiger partial charge on any atom is -0.353 e. The number of aryl methyl sites for hydroxylation is 2. The van der Waals surface area contributed by atoms with Gasteiger partial charge in [0.1, 0.15) is 0 Å². The molecule has 0 saturated carbocycles. The zero-order valence-electron chi connectivity index (χ0n) is 30.9. The molecule has 0 bridgehead atoms. The second kappa shape index (κ2) is 17.8. The fourth-order valence-corrected chi connectivity index (χ4v) is 7.99. The fraction of sp³-hybridized carbons (Fsp3) is 0.535. The molecule has 2 unspecified atom stereocenters. The summed E-state index contributed by atoms with van der Waals surface area (Å²) in [6.45, 7) is 4.78. The van der Waals surface area contributed by atoms with E-state index in [1.807, 2.05) is 24.3 Å². The van der Waals surface area contributed by atoms with Gasteiger partial charge in [0.15, 0.2) is 12.6 Å². The number of hydrogen-bond donors (Lipinski definition) is 0. The van der Waals surface area contributed by atoms with E-state index in [0.717, 1.165) is 149 Å². The molecule has 2 amide bonds. The zero-order chi connectivity index (χ0) is 35.7. The minimum absolute atomic E-state index is 0.0268. The number of hydrogen-bond acceptors (Lipinski definition) is 6. The van der Waals surface area contributed by atoms with Crippen molar-refractivity contribution in [3.8, 4) is 0 Å². The second-order valence-electron chi connectivity index (χ2n) is 14.6. The Balaban J connectivity index is 1.05. The molecule has 9 heteroatoms. The van der Waals surface area contributed by atoms with Crippen molar-refractivity contribution in [1.29, 1.82) is 0 Å². The molecule has 3 aliphatic rings. The maximum Gasteiger partial charge on any atom is 0.261 e. The van der Waals surface area contributed by atoms with Crippen LogP contribution in [0.2, 0.25) is 0 Å². The molecular formula is C43H55N3O6. The van der Waals surface area contributed by atoms with Gasteiger partial charge in [-0.15, -0.1) is 0 Å². The van der Waals surface area contributed by atoms with Gasteiger partial charge in [0.2, 0.25) is 0 Å². The summed E-state index contributed by atoms with van der Waals surface area (Å²) in [6, 6.07) is 16.5. The van der Waals surface area contributed by atoms with Gasteiger partial charge in [0, 0.05) is 91.9 Å². The monoisotopic (exact) mass is 709 g/mol. The highest BCUT2D eigenvalue weighted by Crippen LogP contribution is 2.41. The first-order valence-electron chi connectivity index (χ1n) is 19.8. The Kier molecular flexibility index (Phi) is 12.6. The van der Waals surface area contributed by atoms with E-state index in [4.69, 9.17) is 18.9 Å². The molecule has 7 rings (SSSR count). The SMILES string of the molecule is CN1C(=O)C(c2cn(CCCCCCOC3CCCCO3)c3ccccc23)=C(c2cn(CCCCCCOC3CCCCO3)c3ccccc23)C1=O. The van der Waals surface area contributed by atoms with E-state index in [-0.39, 0.29) is 24.4 Å². The first-order valence-corrected chi connectivity index (χ1v) is 19.8. The number of amides is 2. The third kappa shape index (κ3) is 8.38. The normalized spacial score (nSPS) is 19.9. The quantitative estimate of drug-likeness (QED) is 0.0760. The summed E-state index contributed by atoms with van der Waals surface area (Å²) in [4.78, 5) is 29.2. The van der Waals surface area contributed by atoms with Gasteiger partial charge in [-0.1, -0.05) is 62.1 Å². The molecule has 9 nitrogen and oxygen atoms in total. The molecule has 52 heavy (non-hydrogen) atoms. The lowest BCUT2D eigenvalue weighted by molar-refractivity contribution is -0.163. The van der Waals surface area contributed by atoms with Gasteiger partial charge in [-0.3, -0.25) is 14.5 Å². The number of carbonyl (C=O) groups is 2. The predicted octanol–water partition coefficient (Wildman–Crippen LogP) is 8.71. The standard InChI is InChI=1S/C43H55N3O6/c1-44-42(47)40(34-30-45(36-20-8-6-18-32(34)36)24-12-2-4-14-26-49-38-22-10-16-28-51-38)41(43(44)48)35-31-46(37-21-9-7-19-33(35)37)25-13-3-5-15-27-50-39-23-11-17-29-52-39/h6-9,18-21,30-31,38-39H,2-5,10-17,22-29H2,1H3. The van der Waals surface area contributed by atoms with Crippen LogP contribution in [0.4, 0.5) is 0 Å². The Morgan fingerprint density at radius 3 is 1.48 bits per heavy atom. The van der Waals surface area contributed by atoms with Gasteiger partial charge in [-0.25, -0.2) is 0 Å². The summed E-state index contributed by atoms with van der Waals surface area (Å²) in [5, 5.41) is 1.99. The molecule has 2 fully saturated rings. The van der Waals surface area contributed by atoms with Gasteiger partial charge >= 0.3 is 0 Å². The topological polar surface area (TPSA) is 84.2 Å². The molecule has 278 valence electrons. The summed E-state index contributed by atoms with van der Waals surface area (Å²) >= 11 is 0. The van der Waals surface area contributed by atoms with E-state index >= 15 is 0 Å². The number of ether oxygens (including phenoxy) is 4. The molecule has 5 heterocycles. The zero-order valence-corrected chi connectivity index (χ0v) is 30.9. The molecule has 2 aromatic carbocycles. The van der Waals surface area contributed by atoms with Crippen molar-refractivity contribution in [2.24, 2.45) is 0 Å². The minimum atomic E-state index is -0.248. The van der Waals surface area contributed by atoms with Crippen LogP contribution in [-0.2, 0) is 41.6 Å². The molecule has 3 aliphatic heterocycles. The summed E-state index contributed by atoms with van der Waals surface area (Å²) in [6.07, 6.45) is 19.2. The van der Waals surface area contributed by atoms with Crippen LogP contribution in [0.3, 0.4) is 0 Å². The van der Waals surface area contributed by atoms with E-state index in [0.29, 0.717) is 11.1 Å². The first kappa shape index (κ1) is 36.6. The smallest absolute Gasteiger partial charge is 0.261 e. The number of rotatable bonds is 18. The highest BCUT2D eigenvalue weighted by molar-refractivity contribution is 6.50. The Hall–Kier alpha value is -3.76. The number of fused-ring (bicyclic) bond motifs is 2. The number of carbonyl (C=O) groups excluding carboxylic acids is 2. The number of nitrogens with zero attached hydrogens (tertiary/aromatic N) is 3. The molecular weight excluding hydrogens is 654 g/mol. The van der Waals surface area contributed by atoms with Gasteiger partial charge in [0.25, 0.3) is 11.8 Å². The van der Waals surface area contributed by atoms with Crippen molar-refractivity contribution < 1.29 is 28.5 Å². The van der Waals surface area contributed by atoms with Crippen LogP contribution in [0, 0.1) is 0 Å². The highest BCUT2D eigenvalue weighted by Gasteiger charge is 2.39. The largest absolute Gasteiger partial charge is 0.353 e. The van der Waals surface area contributed by atoms with Gasteiger partial charge in [-0.2, -0.15) is 0 Å². The number of para-hydroxylation sites is 2.